The van der Waals surface area contributed by atoms with E-state index in [9.17, 15) is 4.79 Å². The summed E-state index contributed by atoms with van der Waals surface area (Å²) in [5.41, 5.74) is 3.80. The van der Waals surface area contributed by atoms with Gasteiger partial charge in [-0.25, -0.2) is 4.98 Å². The molecule has 1 amide bonds. The van der Waals surface area contributed by atoms with Crippen molar-refractivity contribution in [3.05, 3.63) is 75.2 Å². The Bertz CT molecular complexity index is 1170. The number of aromatic nitrogens is 2. The fourth-order valence-corrected chi connectivity index (χ4v) is 3.66. The van der Waals surface area contributed by atoms with E-state index < -0.39 is 0 Å². The van der Waals surface area contributed by atoms with Crippen LogP contribution in [0.5, 0.6) is 0 Å². The number of thiazole rings is 1. The summed E-state index contributed by atoms with van der Waals surface area (Å²) in [4.78, 5) is 21.5. The zero-order valence-electron chi connectivity index (χ0n) is 14.2. The van der Waals surface area contributed by atoms with Gasteiger partial charge in [0, 0.05) is 27.6 Å². The third-order valence-electron chi connectivity index (χ3n) is 4.03. The molecule has 0 atom stereocenters. The fraction of sp³-hybridized carbons (Fsp3) is 0.0500. The second-order valence-electron chi connectivity index (χ2n) is 5.98. The van der Waals surface area contributed by atoms with E-state index >= 15 is 0 Å². The van der Waals surface area contributed by atoms with Crippen LogP contribution in [-0.2, 0) is 0 Å². The van der Waals surface area contributed by atoms with Gasteiger partial charge < -0.3 is 0 Å². The third kappa shape index (κ3) is 3.81. The van der Waals surface area contributed by atoms with Crippen molar-refractivity contribution in [2.45, 2.75) is 6.92 Å². The Morgan fingerprint density at radius 1 is 1.00 bits per heavy atom. The number of nitrogens with zero attached hydrogens (tertiary/aromatic N) is 2. The van der Waals surface area contributed by atoms with E-state index in [4.69, 9.17) is 23.2 Å². The number of fused-ring (bicyclic) bond motifs is 1. The van der Waals surface area contributed by atoms with Gasteiger partial charge in [0.15, 0.2) is 5.13 Å². The molecule has 27 heavy (non-hydrogen) atoms. The summed E-state index contributed by atoms with van der Waals surface area (Å²) >= 11 is 13.4. The number of aryl methyl sites for hydroxylation is 1. The first-order chi connectivity index (χ1) is 13.0. The van der Waals surface area contributed by atoms with E-state index in [-0.39, 0.29) is 5.91 Å². The van der Waals surface area contributed by atoms with Crippen molar-refractivity contribution < 1.29 is 4.79 Å². The first kappa shape index (κ1) is 17.9. The quantitative estimate of drug-likeness (QED) is 0.433. The maximum atomic E-state index is 12.6. The molecule has 2 aromatic heterocycles. The van der Waals surface area contributed by atoms with E-state index in [1.54, 1.807) is 24.3 Å². The summed E-state index contributed by atoms with van der Waals surface area (Å²) < 4.78 is 0. The molecule has 0 unspecified atom stereocenters. The van der Waals surface area contributed by atoms with Crippen LogP contribution < -0.4 is 5.32 Å². The molecule has 0 spiro atoms. The Kier molecular flexibility index (Phi) is 4.83. The van der Waals surface area contributed by atoms with Gasteiger partial charge in [0.2, 0.25) is 0 Å². The zero-order valence-corrected chi connectivity index (χ0v) is 16.5. The molecule has 0 saturated heterocycles. The highest BCUT2D eigenvalue weighted by Gasteiger charge is 2.12. The van der Waals surface area contributed by atoms with Crippen molar-refractivity contribution in [2.75, 3.05) is 5.32 Å². The van der Waals surface area contributed by atoms with Crippen LogP contribution in [0.15, 0.2) is 53.9 Å². The molecule has 4 nitrogen and oxygen atoms in total. The number of pyridine rings is 1. The maximum Gasteiger partial charge on any atom is 0.257 e. The summed E-state index contributed by atoms with van der Waals surface area (Å²) in [5.74, 6) is -0.227. The second kappa shape index (κ2) is 7.27. The molecule has 0 aliphatic rings. The Balaban J connectivity index is 1.56. The molecule has 0 saturated carbocycles. The number of amides is 1. The van der Waals surface area contributed by atoms with Crippen LogP contribution in [0.3, 0.4) is 0 Å². The van der Waals surface area contributed by atoms with Crippen molar-refractivity contribution in [2.24, 2.45) is 0 Å². The van der Waals surface area contributed by atoms with Crippen LogP contribution in [0.4, 0.5) is 5.13 Å². The lowest BCUT2D eigenvalue weighted by Gasteiger charge is -2.04. The van der Waals surface area contributed by atoms with Gasteiger partial charge in [-0.05, 0) is 37.3 Å². The Labute approximate surface area is 169 Å². The molecule has 0 aliphatic carbocycles. The summed E-state index contributed by atoms with van der Waals surface area (Å²) in [6.45, 7) is 1.92. The van der Waals surface area contributed by atoms with Crippen LogP contribution in [0, 0.1) is 6.92 Å². The number of anilines is 1. The van der Waals surface area contributed by atoms with Gasteiger partial charge in [0.25, 0.3) is 5.91 Å². The lowest BCUT2D eigenvalue weighted by atomic mass is 10.1. The van der Waals surface area contributed by atoms with E-state index in [1.807, 2.05) is 36.6 Å². The van der Waals surface area contributed by atoms with Gasteiger partial charge in [0.05, 0.1) is 21.3 Å². The van der Waals surface area contributed by atoms with Crippen molar-refractivity contribution >= 4 is 56.5 Å². The number of nitrogens with one attached hydrogen (secondary N) is 1. The molecular formula is C20H13Cl2N3OS. The molecule has 2 heterocycles. The number of hydrogen-bond acceptors (Lipinski definition) is 4. The second-order valence-corrected chi connectivity index (χ2v) is 7.65. The highest BCUT2D eigenvalue weighted by molar-refractivity contribution is 7.14. The average molecular weight is 414 g/mol. The van der Waals surface area contributed by atoms with Crippen LogP contribution in [0.1, 0.15) is 16.1 Å². The van der Waals surface area contributed by atoms with E-state index in [0.717, 1.165) is 27.9 Å². The van der Waals surface area contributed by atoms with Gasteiger partial charge in [-0.2, -0.15) is 0 Å². The first-order valence-corrected chi connectivity index (χ1v) is 9.73. The number of benzene rings is 2. The summed E-state index contributed by atoms with van der Waals surface area (Å²) in [5, 5.41) is 7.16. The number of halogens is 2. The molecular weight excluding hydrogens is 401 g/mol. The molecule has 0 radical (unpaired) electrons. The van der Waals surface area contributed by atoms with Gasteiger partial charge in [0.1, 0.15) is 0 Å². The monoisotopic (exact) mass is 413 g/mol. The first-order valence-electron chi connectivity index (χ1n) is 8.09. The lowest BCUT2D eigenvalue weighted by molar-refractivity contribution is 0.102. The lowest BCUT2D eigenvalue weighted by Crippen LogP contribution is -2.11. The molecule has 7 heteroatoms. The zero-order chi connectivity index (χ0) is 19.0. The van der Waals surface area contributed by atoms with Crippen LogP contribution in [-0.4, -0.2) is 15.9 Å². The molecule has 0 bridgehead atoms. The molecule has 1 N–H and O–H groups in total. The topological polar surface area (TPSA) is 54.9 Å². The summed E-state index contributed by atoms with van der Waals surface area (Å²) in [6.07, 6.45) is 0. The smallest absolute Gasteiger partial charge is 0.257 e. The Morgan fingerprint density at radius 3 is 2.63 bits per heavy atom. The van der Waals surface area contributed by atoms with Crippen molar-refractivity contribution in [1.29, 1.82) is 0 Å². The van der Waals surface area contributed by atoms with Crippen molar-refractivity contribution in [3.63, 3.8) is 0 Å². The van der Waals surface area contributed by atoms with E-state index in [2.05, 4.69) is 15.3 Å². The normalized spacial score (nSPS) is 10.9. The van der Waals surface area contributed by atoms with Gasteiger partial charge >= 0.3 is 0 Å². The van der Waals surface area contributed by atoms with Crippen LogP contribution in [0.25, 0.3) is 22.2 Å². The number of carbonyl (C=O) groups excluding carboxylic acids is 1. The minimum atomic E-state index is -0.227. The number of carbonyl (C=O) groups is 1. The van der Waals surface area contributed by atoms with Crippen LogP contribution >= 0.6 is 34.5 Å². The molecule has 4 aromatic rings. The van der Waals surface area contributed by atoms with Gasteiger partial charge in [-0.15, -0.1) is 11.3 Å². The molecule has 4 rings (SSSR count). The minimum absolute atomic E-state index is 0.227. The summed E-state index contributed by atoms with van der Waals surface area (Å²) in [7, 11) is 0. The van der Waals surface area contributed by atoms with Crippen molar-refractivity contribution in [1.82, 2.24) is 9.97 Å². The predicted molar refractivity (Wildman–Crippen MR) is 112 cm³/mol. The van der Waals surface area contributed by atoms with Crippen LogP contribution in [0.2, 0.25) is 10.0 Å². The largest absolute Gasteiger partial charge is 0.298 e. The van der Waals surface area contributed by atoms with Gasteiger partial charge in [-0.1, -0.05) is 41.4 Å². The number of rotatable bonds is 3. The molecule has 0 aliphatic heterocycles. The summed E-state index contributed by atoms with van der Waals surface area (Å²) in [6, 6.07) is 14.7. The fourth-order valence-electron chi connectivity index (χ4n) is 2.65. The SMILES string of the molecule is Cc1ccc2ccc(C(=O)Nc3nc(-c4ccc(Cl)c(Cl)c4)cs3)cc2n1. The Hall–Kier alpha value is -2.47. The highest BCUT2D eigenvalue weighted by Crippen LogP contribution is 2.30. The third-order valence-corrected chi connectivity index (χ3v) is 5.53. The molecule has 134 valence electrons. The Morgan fingerprint density at radius 2 is 1.81 bits per heavy atom. The maximum absolute atomic E-state index is 12.6. The predicted octanol–water partition coefficient (Wildman–Crippen LogP) is 6.23. The number of hydrogen-bond donors (Lipinski definition) is 1. The highest BCUT2D eigenvalue weighted by atomic mass is 35.5. The average Bonchev–Trinajstić information content (AvgIpc) is 3.11. The van der Waals surface area contributed by atoms with E-state index in [1.165, 1.54) is 11.3 Å². The molecule has 2 aromatic carbocycles. The standard InChI is InChI=1S/C20H13Cl2N3OS/c1-11-2-3-12-4-5-14(9-17(12)23-11)19(26)25-20-24-18(10-27-20)13-6-7-15(21)16(22)8-13/h2-10H,1H3,(H,24,25,26). The minimum Gasteiger partial charge on any atom is -0.298 e. The van der Waals surface area contributed by atoms with Gasteiger partial charge in [-0.3, -0.25) is 15.1 Å². The molecule has 0 fully saturated rings. The van der Waals surface area contributed by atoms with E-state index in [0.29, 0.717) is 20.7 Å². The van der Waals surface area contributed by atoms with Crippen molar-refractivity contribution in [3.8, 4) is 11.3 Å².